The van der Waals surface area contributed by atoms with E-state index in [-0.39, 0.29) is 12.8 Å². The lowest BCUT2D eigenvalue weighted by Gasteiger charge is -2.26. The lowest BCUT2D eigenvalue weighted by molar-refractivity contribution is -0.202. The van der Waals surface area contributed by atoms with Crippen LogP contribution in [-0.2, 0) is 9.59 Å². The number of carbonyl (C=O) groups is 2. The summed E-state index contributed by atoms with van der Waals surface area (Å²) >= 11 is 0. The number of carboxylic acids is 1. The van der Waals surface area contributed by atoms with Crippen molar-refractivity contribution < 1.29 is 33.0 Å². The number of aliphatic hydroxyl groups is 1. The monoisotopic (exact) mass is 285 g/mol. The minimum absolute atomic E-state index is 0.189. The average Bonchev–Trinajstić information content (AvgIpc) is 2.31. The number of aliphatic hydroxyl groups excluding tert-OH is 1. The standard InChI is InChI=1S/C11H18F3NO4/c1-3-10(4-2,9(18)19)5-8(17)15-6-7(16)11(12,13)14/h7,16H,3-6H2,1-2H3,(H,15,17)(H,18,19). The zero-order chi connectivity index (χ0) is 15.3. The van der Waals surface area contributed by atoms with E-state index in [0.717, 1.165) is 0 Å². The van der Waals surface area contributed by atoms with Crippen molar-refractivity contribution in [1.29, 1.82) is 0 Å². The summed E-state index contributed by atoms with van der Waals surface area (Å²) < 4.78 is 36.0. The molecule has 8 heteroatoms. The van der Waals surface area contributed by atoms with Crippen LogP contribution in [0.15, 0.2) is 0 Å². The lowest BCUT2D eigenvalue weighted by Crippen LogP contribution is -2.43. The maximum atomic E-state index is 12.0. The van der Waals surface area contributed by atoms with Gasteiger partial charge in [0.1, 0.15) is 0 Å². The predicted molar refractivity (Wildman–Crippen MR) is 60.3 cm³/mol. The Morgan fingerprint density at radius 1 is 1.21 bits per heavy atom. The first-order valence-electron chi connectivity index (χ1n) is 5.84. The van der Waals surface area contributed by atoms with Gasteiger partial charge in [0.2, 0.25) is 5.91 Å². The number of halogens is 3. The summed E-state index contributed by atoms with van der Waals surface area (Å²) in [6.07, 6.45) is -7.51. The lowest BCUT2D eigenvalue weighted by atomic mass is 9.79. The van der Waals surface area contributed by atoms with E-state index in [1.54, 1.807) is 13.8 Å². The van der Waals surface area contributed by atoms with Gasteiger partial charge < -0.3 is 15.5 Å². The van der Waals surface area contributed by atoms with E-state index in [2.05, 4.69) is 0 Å². The van der Waals surface area contributed by atoms with Crippen LogP contribution in [0.1, 0.15) is 33.1 Å². The highest BCUT2D eigenvalue weighted by molar-refractivity contribution is 5.84. The van der Waals surface area contributed by atoms with Crippen molar-refractivity contribution in [2.75, 3.05) is 6.54 Å². The van der Waals surface area contributed by atoms with Gasteiger partial charge in [-0.05, 0) is 12.8 Å². The second-order valence-corrected chi connectivity index (χ2v) is 4.33. The molecule has 1 atom stereocenters. The van der Waals surface area contributed by atoms with Gasteiger partial charge >= 0.3 is 12.1 Å². The third-order valence-electron chi connectivity index (χ3n) is 3.18. The Hall–Kier alpha value is -1.31. The van der Waals surface area contributed by atoms with E-state index in [9.17, 15) is 22.8 Å². The highest BCUT2D eigenvalue weighted by Gasteiger charge is 2.40. The van der Waals surface area contributed by atoms with Gasteiger partial charge in [0.05, 0.1) is 12.0 Å². The van der Waals surface area contributed by atoms with Crippen molar-refractivity contribution >= 4 is 11.9 Å². The summed E-state index contributed by atoms with van der Waals surface area (Å²) in [6, 6.07) is 0. The van der Waals surface area contributed by atoms with Gasteiger partial charge in [-0.2, -0.15) is 13.2 Å². The first kappa shape index (κ1) is 17.7. The number of nitrogens with one attached hydrogen (secondary N) is 1. The zero-order valence-electron chi connectivity index (χ0n) is 10.8. The van der Waals surface area contributed by atoms with Gasteiger partial charge in [-0.25, -0.2) is 0 Å². The largest absolute Gasteiger partial charge is 0.481 e. The maximum absolute atomic E-state index is 12.0. The number of hydrogen-bond donors (Lipinski definition) is 3. The van der Waals surface area contributed by atoms with E-state index in [0.29, 0.717) is 0 Å². The fraction of sp³-hybridized carbons (Fsp3) is 0.818. The Morgan fingerprint density at radius 3 is 2.00 bits per heavy atom. The number of aliphatic carboxylic acids is 1. The van der Waals surface area contributed by atoms with Crippen molar-refractivity contribution in [3.63, 3.8) is 0 Å². The maximum Gasteiger partial charge on any atom is 0.416 e. The number of amides is 1. The van der Waals surface area contributed by atoms with Gasteiger partial charge in [0.25, 0.3) is 0 Å². The van der Waals surface area contributed by atoms with Gasteiger partial charge in [-0.15, -0.1) is 0 Å². The predicted octanol–water partition coefficient (Wildman–Crippen LogP) is 1.31. The van der Waals surface area contributed by atoms with Crippen molar-refractivity contribution in [3.8, 4) is 0 Å². The Kier molecular flexibility index (Phi) is 6.28. The molecule has 0 aliphatic heterocycles. The molecule has 0 heterocycles. The Balaban J connectivity index is 4.49. The number of carbonyl (C=O) groups excluding carboxylic acids is 1. The van der Waals surface area contributed by atoms with Crippen LogP contribution in [0.4, 0.5) is 13.2 Å². The molecule has 19 heavy (non-hydrogen) atoms. The molecule has 0 aromatic carbocycles. The fourth-order valence-electron chi connectivity index (χ4n) is 1.57. The molecule has 0 aliphatic carbocycles. The summed E-state index contributed by atoms with van der Waals surface area (Å²) in [6.45, 7) is 2.20. The molecule has 0 fully saturated rings. The molecular weight excluding hydrogens is 267 g/mol. The van der Waals surface area contributed by atoms with E-state index in [4.69, 9.17) is 10.2 Å². The van der Waals surface area contributed by atoms with Crippen molar-refractivity contribution in [2.24, 2.45) is 5.41 Å². The highest BCUT2D eigenvalue weighted by atomic mass is 19.4. The van der Waals surface area contributed by atoms with Crippen LogP contribution in [0.5, 0.6) is 0 Å². The first-order valence-corrected chi connectivity index (χ1v) is 5.84. The molecule has 3 N–H and O–H groups in total. The summed E-state index contributed by atoms with van der Waals surface area (Å²) in [5.41, 5.74) is -1.28. The summed E-state index contributed by atoms with van der Waals surface area (Å²) in [5.74, 6) is -1.99. The molecule has 0 aromatic rings. The fourth-order valence-corrected chi connectivity index (χ4v) is 1.57. The van der Waals surface area contributed by atoms with Gasteiger partial charge in [0, 0.05) is 6.42 Å². The van der Waals surface area contributed by atoms with Crippen LogP contribution in [0.25, 0.3) is 0 Å². The molecule has 1 amide bonds. The molecule has 0 spiro atoms. The molecular formula is C11H18F3NO4. The van der Waals surface area contributed by atoms with Crippen molar-refractivity contribution in [3.05, 3.63) is 0 Å². The molecule has 0 saturated carbocycles. The number of carboxylic acid groups (broad SMARTS) is 1. The molecule has 0 aromatic heterocycles. The van der Waals surface area contributed by atoms with Gasteiger partial charge in [-0.3, -0.25) is 9.59 Å². The third-order valence-corrected chi connectivity index (χ3v) is 3.18. The minimum atomic E-state index is -4.81. The van der Waals surface area contributed by atoms with Gasteiger partial charge in [0.15, 0.2) is 6.10 Å². The molecule has 5 nitrogen and oxygen atoms in total. The number of hydrogen-bond acceptors (Lipinski definition) is 3. The van der Waals surface area contributed by atoms with E-state index in [1.807, 2.05) is 5.32 Å². The van der Waals surface area contributed by atoms with Crippen LogP contribution in [0.3, 0.4) is 0 Å². The summed E-state index contributed by atoms with van der Waals surface area (Å²) in [7, 11) is 0. The van der Waals surface area contributed by atoms with Crippen molar-refractivity contribution in [1.82, 2.24) is 5.32 Å². The molecule has 0 radical (unpaired) electrons. The van der Waals surface area contributed by atoms with E-state index < -0.39 is 42.5 Å². The second kappa shape index (κ2) is 6.74. The Morgan fingerprint density at radius 2 is 1.68 bits per heavy atom. The van der Waals surface area contributed by atoms with Crippen molar-refractivity contribution in [2.45, 2.75) is 45.4 Å². The third kappa shape index (κ3) is 5.06. The van der Waals surface area contributed by atoms with E-state index in [1.165, 1.54) is 0 Å². The smallest absolute Gasteiger partial charge is 0.416 e. The SMILES string of the molecule is CCC(CC)(CC(=O)NCC(O)C(F)(F)F)C(=O)O. The van der Waals surface area contributed by atoms with Crippen LogP contribution in [0.2, 0.25) is 0 Å². The molecule has 112 valence electrons. The molecule has 0 aliphatic rings. The normalized spacial score (nSPS) is 14.0. The quantitative estimate of drug-likeness (QED) is 0.658. The van der Waals surface area contributed by atoms with Crippen LogP contribution < -0.4 is 5.32 Å². The average molecular weight is 285 g/mol. The Bertz CT molecular complexity index is 326. The number of rotatable bonds is 7. The Labute approximate surface area is 108 Å². The highest BCUT2D eigenvalue weighted by Crippen LogP contribution is 2.30. The molecule has 0 bridgehead atoms. The van der Waals surface area contributed by atoms with Crippen LogP contribution in [0, 0.1) is 5.41 Å². The molecule has 0 rings (SSSR count). The molecule has 1 unspecified atom stereocenters. The van der Waals surface area contributed by atoms with E-state index >= 15 is 0 Å². The molecule has 0 saturated heterocycles. The van der Waals surface area contributed by atoms with Crippen LogP contribution in [-0.4, -0.2) is 40.9 Å². The summed E-state index contributed by atoms with van der Waals surface area (Å²) in [4.78, 5) is 22.6. The zero-order valence-corrected chi connectivity index (χ0v) is 10.8. The minimum Gasteiger partial charge on any atom is -0.481 e. The van der Waals surface area contributed by atoms with Crippen LogP contribution >= 0.6 is 0 Å². The summed E-state index contributed by atoms with van der Waals surface area (Å²) in [5, 5.41) is 19.7. The number of alkyl halides is 3. The first-order chi connectivity index (χ1) is 8.59. The van der Waals surface area contributed by atoms with Gasteiger partial charge in [-0.1, -0.05) is 13.8 Å². The second-order valence-electron chi connectivity index (χ2n) is 4.33. The topological polar surface area (TPSA) is 86.6 Å².